The van der Waals surface area contributed by atoms with Gasteiger partial charge in [0.05, 0.1) is 31.3 Å². The molecule has 1 atom stereocenters. The topological polar surface area (TPSA) is 42.0 Å². The molecule has 2 heterocycles. The second-order valence-electron chi connectivity index (χ2n) is 7.37. The Kier molecular flexibility index (Phi) is 5.11. The molecule has 1 aromatic rings. The first-order valence-corrected chi connectivity index (χ1v) is 8.78. The average Bonchev–Trinajstić information content (AvgIpc) is 2.54. The van der Waals surface area contributed by atoms with Crippen LogP contribution in [0.2, 0.25) is 0 Å². The SMILES string of the molecule is Cc1ccccc1N1CCN(C(=O)CC2COCC(C)(C)O2)CC1. The van der Waals surface area contributed by atoms with Crippen molar-refractivity contribution in [1.82, 2.24) is 4.90 Å². The van der Waals surface area contributed by atoms with Crippen molar-refractivity contribution in [1.29, 1.82) is 0 Å². The van der Waals surface area contributed by atoms with Crippen molar-refractivity contribution in [3.05, 3.63) is 29.8 Å². The number of aryl methyl sites for hydroxylation is 1. The van der Waals surface area contributed by atoms with Crippen LogP contribution in [0.5, 0.6) is 0 Å². The lowest BCUT2D eigenvalue weighted by Crippen LogP contribution is -2.51. The summed E-state index contributed by atoms with van der Waals surface area (Å²) in [5.74, 6) is 0.172. The molecule has 1 aromatic carbocycles. The number of nitrogens with zero attached hydrogens (tertiary/aromatic N) is 2. The van der Waals surface area contributed by atoms with E-state index in [1.807, 2.05) is 18.7 Å². The summed E-state index contributed by atoms with van der Waals surface area (Å²) in [6.45, 7) is 10.5. The van der Waals surface area contributed by atoms with Gasteiger partial charge < -0.3 is 19.3 Å². The highest BCUT2D eigenvalue weighted by molar-refractivity contribution is 5.77. The van der Waals surface area contributed by atoms with Crippen LogP contribution in [0.25, 0.3) is 0 Å². The zero-order chi connectivity index (χ0) is 17.2. The fourth-order valence-corrected chi connectivity index (χ4v) is 3.49. The van der Waals surface area contributed by atoms with Crippen molar-refractivity contribution in [3.8, 4) is 0 Å². The van der Waals surface area contributed by atoms with Gasteiger partial charge in [0.25, 0.3) is 0 Å². The summed E-state index contributed by atoms with van der Waals surface area (Å²) in [5.41, 5.74) is 2.26. The van der Waals surface area contributed by atoms with E-state index >= 15 is 0 Å². The van der Waals surface area contributed by atoms with E-state index in [0.29, 0.717) is 19.6 Å². The van der Waals surface area contributed by atoms with Crippen LogP contribution in [-0.4, -0.2) is 61.9 Å². The van der Waals surface area contributed by atoms with Gasteiger partial charge >= 0.3 is 0 Å². The summed E-state index contributed by atoms with van der Waals surface area (Å²) in [6.07, 6.45) is 0.281. The fourth-order valence-electron chi connectivity index (χ4n) is 3.49. The maximum atomic E-state index is 12.6. The lowest BCUT2D eigenvalue weighted by Gasteiger charge is -2.39. The minimum atomic E-state index is -0.299. The first-order valence-electron chi connectivity index (χ1n) is 8.78. The zero-order valence-electron chi connectivity index (χ0n) is 15.0. The second kappa shape index (κ2) is 7.11. The van der Waals surface area contributed by atoms with Crippen LogP contribution in [0.1, 0.15) is 25.8 Å². The molecule has 0 aromatic heterocycles. The number of piperazine rings is 1. The third kappa shape index (κ3) is 4.08. The number of ether oxygens (including phenoxy) is 2. The highest BCUT2D eigenvalue weighted by Gasteiger charge is 2.32. The van der Waals surface area contributed by atoms with Gasteiger partial charge in [-0.3, -0.25) is 4.79 Å². The maximum Gasteiger partial charge on any atom is 0.225 e. The molecule has 0 saturated carbocycles. The summed E-state index contributed by atoms with van der Waals surface area (Å²) in [5, 5.41) is 0. The Morgan fingerprint density at radius 2 is 1.92 bits per heavy atom. The molecular weight excluding hydrogens is 304 g/mol. The maximum absolute atomic E-state index is 12.6. The number of hydrogen-bond acceptors (Lipinski definition) is 4. The molecule has 24 heavy (non-hydrogen) atoms. The summed E-state index contributed by atoms with van der Waals surface area (Å²) < 4.78 is 11.5. The number of para-hydroxylation sites is 1. The molecule has 3 rings (SSSR count). The quantitative estimate of drug-likeness (QED) is 0.851. The number of hydrogen-bond donors (Lipinski definition) is 0. The molecule has 2 aliphatic rings. The molecule has 0 N–H and O–H groups in total. The molecule has 132 valence electrons. The van der Waals surface area contributed by atoms with Crippen LogP contribution < -0.4 is 4.90 Å². The third-order valence-electron chi connectivity index (χ3n) is 4.73. The van der Waals surface area contributed by atoms with Gasteiger partial charge in [-0.25, -0.2) is 0 Å². The van der Waals surface area contributed by atoms with Crippen molar-refractivity contribution in [2.45, 2.75) is 38.9 Å². The molecule has 5 nitrogen and oxygen atoms in total. The summed E-state index contributed by atoms with van der Waals surface area (Å²) >= 11 is 0. The van der Waals surface area contributed by atoms with Crippen LogP contribution in [-0.2, 0) is 14.3 Å². The summed E-state index contributed by atoms with van der Waals surface area (Å²) in [7, 11) is 0. The molecule has 2 fully saturated rings. The number of carbonyl (C=O) groups excluding carboxylic acids is 1. The van der Waals surface area contributed by atoms with E-state index in [4.69, 9.17) is 9.47 Å². The Labute approximate surface area is 144 Å². The van der Waals surface area contributed by atoms with Crippen molar-refractivity contribution in [2.75, 3.05) is 44.3 Å². The van der Waals surface area contributed by atoms with E-state index < -0.39 is 0 Å². The monoisotopic (exact) mass is 332 g/mol. The van der Waals surface area contributed by atoms with E-state index in [0.717, 1.165) is 26.2 Å². The van der Waals surface area contributed by atoms with Crippen molar-refractivity contribution >= 4 is 11.6 Å². The Hall–Kier alpha value is -1.59. The Morgan fingerprint density at radius 1 is 1.21 bits per heavy atom. The third-order valence-corrected chi connectivity index (χ3v) is 4.73. The average molecular weight is 332 g/mol. The van der Waals surface area contributed by atoms with E-state index in [-0.39, 0.29) is 17.6 Å². The second-order valence-corrected chi connectivity index (χ2v) is 7.37. The number of carbonyl (C=O) groups is 1. The predicted molar refractivity (Wildman–Crippen MR) is 94.4 cm³/mol. The number of amides is 1. The van der Waals surface area contributed by atoms with Gasteiger partial charge in [0.15, 0.2) is 0 Å². The van der Waals surface area contributed by atoms with Crippen molar-refractivity contribution in [2.24, 2.45) is 0 Å². The van der Waals surface area contributed by atoms with E-state index in [2.05, 4.69) is 36.1 Å². The van der Waals surface area contributed by atoms with E-state index in [9.17, 15) is 4.79 Å². The smallest absolute Gasteiger partial charge is 0.225 e. The molecule has 2 saturated heterocycles. The predicted octanol–water partition coefficient (Wildman–Crippen LogP) is 2.23. The lowest BCUT2D eigenvalue weighted by molar-refractivity contribution is -0.187. The van der Waals surface area contributed by atoms with Gasteiger partial charge in [-0.1, -0.05) is 18.2 Å². The normalized spacial score (nSPS) is 24.0. The van der Waals surface area contributed by atoms with Gasteiger partial charge in [0.2, 0.25) is 5.91 Å². The van der Waals surface area contributed by atoms with E-state index in [1.54, 1.807) is 0 Å². The van der Waals surface area contributed by atoms with Gasteiger partial charge in [-0.2, -0.15) is 0 Å². The molecule has 2 aliphatic heterocycles. The molecule has 1 amide bonds. The van der Waals surface area contributed by atoms with Crippen LogP contribution in [0.4, 0.5) is 5.69 Å². The van der Waals surface area contributed by atoms with Crippen molar-refractivity contribution in [3.63, 3.8) is 0 Å². The highest BCUT2D eigenvalue weighted by Crippen LogP contribution is 2.23. The Balaban J connectivity index is 1.51. The number of rotatable bonds is 3. The fraction of sp³-hybridized carbons (Fsp3) is 0.632. The Bertz CT molecular complexity index is 580. The molecular formula is C19H28N2O3. The minimum absolute atomic E-state index is 0.129. The van der Waals surface area contributed by atoms with Gasteiger partial charge in [-0.15, -0.1) is 0 Å². The van der Waals surface area contributed by atoms with Crippen LogP contribution in [0.15, 0.2) is 24.3 Å². The van der Waals surface area contributed by atoms with Gasteiger partial charge in [-0.05, 0) is 32.4 Å². The number of benzene rings is 1. The summed E-state index contributed by atoms with van der Waals surface area (Å²) in [4.78, 5) is 16.9. The zero-order valence-corrected chi connectivity index (χ0v) is 15.0. The van der Waals surface area contributed by atoms with Crippen LogP contribution >= 0.6 is 0 Å². The highest BCUT2D eigenvalue weighted by atomic mass is 16.6. The largest absolute Gasteiger partial charge is 0.376 e. The number of anilines is 1. The standard InChI is InChI=1S/C19H28N2O3/c1-15-6-4-5-7-17(15)20-8-10-21(11-9-20)18(22)12-16-13-23-14-19(2,3)24-16/h4-7,16H,8-14H2,1-3H3. The summed E-state index contributed by atoms with van der Waals surface area (Å²) in [6, 6.07) is 8.42. The van der Waals surface area contributed by atoms with E-state index in [1.165, 1.54) is 11.3 Å². The minimum Gasteiger partial charge on any atom is -0.376 e. The molecule has 0 radical (unpaired) electrons. The molecule has 1 unspecified atom stereocenters. The first kappa shape index (κ1) is 17.2. The van der Waals surface area contributed by atoms with Crippen LogP contribution in [0, 0.1) is 6.92 Å². The molecule has 0 spiro atoms. The van der Waals surface area contributed by atoms with Crippen molar-refractivity contribution < 1.29 is 14.3 Å². The lowest BCUT2D eigenvalue weighted by atomic mass is 10.1. The van der Waals surface area contributed by atoms with Gasteiger partial charge in [0, 0.05) is 31.9 Å². The van der Waals surface area contributed by atoms with Crippen LogP contribution in [0.3, 0.4) is 0 Å². The molecule has 0 aliphatic carbocycles. The first-order chi connectivity index (χ1) is 11.4. The molecule has 0 bridgehead atoms. The van der Waals surface area contributed by atoms with Gasteiger partial charge in [0.1, 0.15) is 0 Å². The molecule has 5 heteroatoms. The Morgan fingerprint density at radius 3 is 2.58 bits per heavy atom.